The molecule has 2 atom stereocenters. The first kappa shape index (κ1) is 20.1. The third kappa shape index (κ3) is 3.15. The van der Waals surface area contributed by atoms with Crippen LogP contribution in [0.25, 0.3) is 27.9 Å². The van der Waals surface area contributed by atoms with Crippen molar-refractivity contribution in [2.45, 2.75) is 38.0 Å². The summed E-state index contributed by atoms with van der Waals surface area (Å²) in [6.45, 7) is 0. The molecule has 0 radical (unpaired) electrons. The third-order valence-electron chi connectivity index (χ3n) is 7.29. The van der Waals surface area contributed by atoms with Gasteiger partial charge in [-0.2, -0.15) is 5.26 Å². The van der Waals surface area contributed by atoms with Gasteiger partial charge in [0, 0.05) is 29.1 Å². The zero-order chi connectivity index (χ0) is 22.7. The van der Waals surface area contributed by atoms with Crippen LogP contribution in [0, 0.1) is 34.9 Å². The van der Waals surface area contributed by atoms with Gasteiger partial charge in [0.15, 0.2) is 17.9 Å². The van der Waals surface area contributed by atoms with Crippen molar-refractivity contribution >= 4 is 22.4 Å². The van der Waals surface area contributed by atoms with Crippen LogP contribution in [0.2, 0.25) is 0 Å². The number of pyridine rings is 1. The summed E-state index contributed by atoms with van der Waals surface area (Å²) in [4.78, 5) is 11.8. The normalized spacial score (nSPS) is 24.6. The van der Waals surface area contributed by atoms with Crippen molar-refractivity contribution in [3.05, 3.63) is 42.1 Å². The van der Waals surface area contributed by atoms with Crippen molar-refractivity contribution in [2.24, 2.45) is 17.8 Å². The molecule has 7 rings (SSSR count). The lowest BCUT2D eigenvalue weighted by atomic mass is 9.61. The van der Waals surface area contributed by atoms with Gasteiger partial charge in [0.2, 0.25) is 0 Å². The molecule has 9 nitrogen and oxygen atoms in total. The molecule has 0 aliphatic heterocycles. The monoisotopic (exact) mass is 447 g/mol. The molecule has 4 heterocycles. The first-order valence-corrected chi connectivity index (χ1v) is 11.1. The van der Waals surface area contributed by atoms with E-state index >= 15 is 0 Å². The van der Waals surface area contributed by atoms with Crippen LogP contribution in [-0.2, 0) is 0 Å². The summed E-state index contributed by atoms with van der Waals surface area (Å²) in [6.07, 6.45) is 5.42. The predicted molar refractivity (Wildman–Crippen MR) is 117 cm³/mol. The summed E-state index contributed by atoms with van der Waals surface area (Å²) >= 11 is 0. The highest BCUT2D eigenvalue weighted by atomic mass is 19.1. The summed E-state index contributed by atoms with van der Waals surface area (Å²) in [5, 5.41) is 38.4. The van der Waals surface area contributed by atoms with Crippen molar-refractivity contribution in [3.63, 3.8) is 0 Å². The maximum atomic E-state index is 13.9. The van der Waals surface area contributed by atoms with Gasteiger partial charge >= 0.3 is 0 Å². The molecule has 2 bridgehead atoms. The van der Waals surface area contributed by atoms with Crippen LogP contribution >= 0.6 is 0 Å². The van der Waals surface area contributed by atoms with Crippen molar-refractivity contribution in [1.29, 1.82) is 5.26 Å². The highest BCUT2D eigenvalue weighted by Crippen LogP contribution is 2.47. The number of nitrogens with zero attached hydrogens (tertiary/aromatic N) is 5. The first-order valence-electron chi connectivity index (χ1n) is 11.1. The van der Waals surface area contributed by atoms with E-state index in [1.807, 2.05) is 0 Å². The number of aromatic amines is 1. The summed E-state index contributed by atoms with van der Waals surface area (Å²) in [5.41, 5.74) is 2.02. The van der Waals surface area contributed by atoms with Crippen LogP contribution in [0.4, 0.5) is 10.2 Å². The van der Waals surface area contributed by atoms with Crippen LogP contribution in [0.3, 0.4) is 0 Å². The van der Waals surface area contributed by atoms with E-state index in [4.69, 9.17) is 4.98 Å². The number of halogens is 1. The van der Waals surface area contributed by atoms with Gasteiger partial charge in [-0.25, -0.2) is 18.9 Å². The van der Waals surface area contributed by atoms with Crippen molar-refractivity contribution in [1.82, 2.24) is 24.6 Å². The summed E-state index contributed by atoms with van der Waals surface area (Å²) in [6, 6.07) is 6.78. The lowest BCUT2D eigenvalue weighted by Gasteiger charge is -2.49. The third-order valence-corrected chi connectivity index (χ3v) is 7.29. The summed E-state index contributed by atoms with van der Waals surface area (Å²) in [5.74, 6) is 0.583. The second kappa shape index (κ2) is 7.50. The smallest absolute Gasteiger partial charge is 0.184 e. The summed E-state index contributed by atoms with van der Waals surface area (Å²) in [7, 11) is 0. The number of nitrogens with one attached hydrogen (secondary N) is 2. The second-order valence-electron chi connectivity index (χ2n) is 9.00. The number of anilines is 1. The molecule has 3 aliphatic carbocycles. The lowest BCUT2D eigenvalue weighted by molar-refractivity contribution is -0.133. The molecule has 0 saturated heterocycles. The fourth-order valence-electron chi connectivity index (χ4n) is 5.76. The Labute approximate surface area is 187 Å². The van der Waals surface area contributed by atoms with Gasteiger partial charge in [0.1, 0.15) is 28.7 Å². The Kier molecular flexibility index (Phi) is 4.57. The predicted octanol–water partition coefficient (Wildman–Crippen LogP) is 2.81. The van der Waals surface area contributed by atoms with E-state index < -0.39 is 12.1 Å². The van der Waals surface area contributed by atoms with Gasteiger partial charge in [-0.15, -0.1) is 5.10 Å². The Morgan fingerprint density at radius 1 is 1.21 bits per heavy atom. The average molecular weight is 447 g/mol. The highest BCUT2D eigenvalue weighted by Gasteiger charge is 2.46. The number of aromatic nitrogens is 5. The Morgan fingerprint density at radius 3 is 2.76 bits per heavy atom. The molecule has 168 valence electrons. The van der Waals surface area contributed by atoms with Gasteiger partial charge in [-0.1, -0.05) is 0 Å². The minimum absolute atomic E-state index is 0.161. The molecule has 33 heavy (non-hydrogen) atoms. The number of aliphatic hydroxyl groups excluding tert-OH is 1. The number of hydrogen-bond acceptors (Lipinski definition) is 7. The fourth-order valence-corrected chi connectivity index (χ4v) is 5.76. The van der Waals surface area contributed by atoms with E-state index in [1.165, 1.54) is 10.6 Å². The first-order chi connectivity index (χ1) is 16.0. The standard InChI is InChI=1S/C23H22FN7O2/c24-13-7-15-16(10-27-20(15)26-9-13)21-29-22(17-6-5-14(8-25)31(17)30-21)28-19-12-3-1-11(2-4-12)18(19)23(32)33/h5-7,9-12,18-19,23,32-33H,1-4H2,(H,26,27)(H,28,29,30)/t11?,12?,18-,19-/m0/s1. The quantitative estimate of drug-likeness (QED) is 0.353. The highest BCUT2D eigenvalue weighted by molar-refractivity contribution is 5.92. The number of fused-ring (bicyclic) bond motifs is 5. The van der Waals surface area contributed by atoms with E-state index in [0.29, 0.717) is 45.4 Å². The van der Waals surface area contributed by atoms with Gasteiger partial charge < -0.3 is 20.5 Å². The molecule has 0 amide bonds. The fraction of sp³-hybridized carbons (Fsp3) is 0.391. The molecule has 3 saturated carbocycles. The van der Waals surface area contributed by atoms with Gasteiger partial charge in [0.05, 0.1) is 6.20 Å². The van der Waals surface area contributed by atoms with Crippen LogP contribution in [0.5, 0.6) is 0 Å². The van der Waals surface area contributed by atoms with Crippen LogP contribution in [0.1, 0.15) is 31.4 Å². The van der Waals surface area contributed by atoms with E-state index in [0.717, 1.165) is 31.9 Å². The topological polar surface area (TPSA) is 135 Å². The molecular weight excluding hydrogens is 425 g/mol. The van der Waals surface area contributed by atoms with Gasteiger partial charge in [0.25, 0.3) is 0 Å². The maximum absolute atomic E-state index is 13.9. The minimum Gasteiger partial charge on any atom is -0.368 e. The molecule has 3 aliphatic rings. The molecule has 0 unspecified atom stereocenters. The molecule has 4 aromatic rings. The van der Waals surface area contributed by atoms with Crippen LogP contribution < -0.4 is 5.32 Å². The SMILES string of the molecule is N#Cc1ccc2c(N[C@H]3C4CCC(CC4)[C@@H]3C(O)O)nc(-c3c[nH]c4ncc(F)cc34)nn12. The maximum Gasteiger partial charge on any atom is 0.184 e. The van der Waals surface area contributed by atoms with Crippen molar-refractivity contribution in [2.75, 3.05) is 5.32 Å². The van der Waals surface area contributed by atoms with Crippen molar-refractivity contribution in [3.8, 4) is 17.5 Å². The average Bonchev–Trinajstić information content (AvgIpc) is 3.43. The molecule has 4 aromatic heterocycles. The van der Waals surface area contributed by atoms with E-state index in [1.54, 1.807) is 18.3 Å². The number of hydrogen-bond donors (Lipinski definition) is 4. The molecule has 0 spiro atoms. The van der Waals surface area contributed by atoms with Gasteiger partial charge in [-0.05, 0) is 55.7 Å². The molecule has 0 aromatic carbocycles. The number of rotatable bonds is 4. The van der Waals surface area contributed by atoms with Crippen molar-refractivity contribution < 1.29 is 14.6 Å². The van der Waals surface area contributed by atoms with E-state index in [-0.39, 0.29) is 17.9 Å². The molecule has 10 heteroatoms. The largest absolute Gasteiger partial charge is 0.368 e. The van der Waals surface area contributed by atoms with Gasteiger partial charge in [-0.3, -0.25) is 0 Å². The second-order valence-corrected chi connectivity index (χ2v) is 9.00. The molecular formula is C23H22FN7O2. The Balaban J connectivity index is 1.50. The number of aliphatic hydroxyl groups is 2. The Morgan fingerprint density at radius 2 is 2.00 bits per heavy atom. The molecule has 4 N–H and O–H groups in total. The minimum atomic E-state index is -1.42. The number of nitriles is 1. The van der Waals surface area contributed by atoms with E-state index in [2.05, 4.69) is 26.5 Å². The number of H-pyrrole nitrogens is 1. The molecule has 3 fully saturated rings. The zero-order valence-corrected chi connectivity index (χ0v) is 17.6. The van der Waals surface area contributed by atoms with Crippen LogP contribution in [0.15, 0.2) is 30.6 Å². The Hall–Kier alpha value is -3.55. The van der Waals surface area contributed by atoms with E-state index in [9.17, 15) is 19.9 Å². The summed E-state index contributed by atoms with van der Waals surface area (Å²) < 4.78 is 15.4. The van der Waals surface area contributed by atoms with Crippen LogP contribution in [-0.4, -0.2) is 47.1 Å². The zero-order valence-electron chi connectivity index (χ0n) is 17.6. The Bertz CT molecular complexity index is 1400. The lowest BCUT2D eigenvalue weighted by Crippen LogP contribution is -2.52.